The van der Waals surface area contributed by atoms with E-state index in [1.54, 1.807) is 25.1 Å². The van der Waals surface area contributed by atoms with E-state index in [1.165, 1.54) is 6.07 Å². The number of carbonyl (C=O) groups excluding carboxylic acids is 1. The number of hydrogen-bond acceptors (Lipinski definition) is 4. The minimum atomic E-state index is -0.417. The van der Waals surface area contributed by atoms with Crippen LogP contribution in [0.25, 0.3) is 0 Å². The van der Waals surface area contributed by atoms with Crippen LogP contribution >= 0.6 is 11.6 Å². The Bertz CT molecular complexity index is 566. The van der Waals surface area contributed by atoms with Crippen molar-refractivity contribution in [1.82, 2.24) is 5.16 Å². The second-order valence-corrected chi connectivity index (χ2v) is 3.95. The molecule has 0 aliphatic heterocycles. The van der Waals surface area contributed by atoms with Gasteiger partial charge in [-0.3, -0.25) is 4.79 Å². The van der Waals surface area contributed by atoms with Crippen LogP contribution in [0.2, 0.25) is 5.02 Å². The zero-order valence-electron chi connectivity index (χ0n) is 9.03. The van der Waals surface area contributed by atoms with Crippen LogP contribution in [0.4, 0.5) is 11.4 Å². The van der Waals surface area contributed by atoms with Gasteiger partial charge in [0, 0.05) is 11.1 Å². The fourth-order valence-corrected chi connectivity index (χ4v) is 1.46. The summed E-state index contributed by atoms with van der Waals surface area (Å²) >= 11 is 5.81. The number of anilines is 2. The molecule has 0 atom stereocenters. The Morgan fingerprint density at radius 2 is 2.24 bits per heavy atom. The van der Waals surface area contributed by atoms with Crippen LogP contribution in [0.3, 0.4) is 0 Å². The first-order chi connectivity index (χ1) is 8.06. The zero-order valence-corrected chi connectivity index (χ0v) is 9.78. The van der Waals surface area contributed by atoms with Gasteiger partial charge in [0.1, 0.15) is 0 Å². The quantitative estimate of drug-likeness (QED) is 0.804. The van der Waals surface area contributed by atoms with Gasteiger partial charge in [0.2, 0.25) is 5.76 Å². The topological polar surface area (TPSA) is 81.2 Å². The van der Waals surface area contributed by atoms with Gasteiger partial charge in [-0.2, -0.15) is 0 Å². The molecule has 17 heavy (non-hydrogen) atoms. The number of nitrogen functional groups attached to an aromatic ring is 1. The van der Waals surface area contributed by atoms with Crippen LogP contribution in [-0.2, 0) is 0 Å². The molecule has 1 aromatic carbocycles. The van der Waals surface area contributed by atoms with E-state index in [-0.39, 0.29) is 5.76 Å². The number of nitrogens with zero attached hydrogens (tertiary/aromatic N) is 1. The van der Waals surface area contributed by atoms with Crippen LogP contribution < -0.4 is 11.1 Å². The van der Waals surface area contributed by atoms with Crippen LogP contribution in [-0.4, -0.2) is 11.1 Å². The van der Waals surface area contributed by atoms with Gasteiger partial charge in [-0.15, -0.1) is 0 Å². The van der Waals surface area contributed by atoms with Crippen LogP contribution in [0.5, 0.6) is 0 Å². The van der Waals surface area contributed by atoms with E-state index in [2.05, 4.69) is 10.5 Å². The minimum Gasteiger partial charge on any atom is -0.397 e. The molecule has 1 heterocycles. The average Bonchev–Trinajstić information content (AvgIpc) is 2.70. The Morgan fingerprint density at radius 1 is 1.47 bits per heavy atom. The molecule has 0 radical (unpaired) electrons. The van der Waals surface area contributed by atoms with E-state index in [0.717, 1.165) is 0 Å². The number of benzene rings is 1. The van der Waals surface area contributed by atoms with E-state index in [1.807, 2.05) is 0 Å². The van der Waals surface area contributed by atoms with Gasteiger partial charge in [0.25, 0.3) is 5.91 Å². The monoisotopic (exact) mass is 251 g/mol. The molecule has 0 fully saturated rings. The average molecular weight is 252 g/mol. The molecule has 2 rings (SSSR count). The largest absolute Gasteiger partial charge is 0.397 e. The fraction of sp³-hybridized carbons (Fsp3) is 0.0909. The van der Waals surface area contributed by atoms with Crippen molar-refractivity contribution in [1.29, 1.82) is 0 Å². The van der Waals surface area contributed by atoms with Crippen molar-refractivity contribution in [3.8, 4) is 0 Å². The highest BCUT2D eigenvalue weighted by Crippen LogP contribution is 2.23. The molecule has 0 unspecified atom stereocenters. The number of carbonyl (C=O) groups is 1. The molecular formula is C11H10ClN3O2. The van der Waals surface area contributed by atoms with E-state index in [9.17, 15) is 4.79 Å². The van der Waals surface area contributed by atoms with Crippen molar-refractivity contribution < 1.29 is 9.32 Å². The van der Waals surface area contributed by atoms with Crippen molar-refractivity contribution in [2.24, 2.45) is 0 Å². The molecule has 88 valence electrons. The highest BCUT2D eigenvalue weighted by molar-refractivity contribution is 6.31. The number of hydrogen-bond donors (Lipinski definition) is 2. The molecule has 6 heteroatoms. The molecule has 3 N–H and O–H groups in total. The van der Waals surface area contributed by atoms with Crippen molar-refractivity contribution >= 4 is 28.9 Å². The highest BCUT2D eigenvalue weighted by Gasteiger charge is 2.13. The third-order valence-electron chi connectivity index (χ3n) is 2.12. The van der Waals surface area contributed by atoms with E-state index in [0.29, 0.717) is 22.1 Å². The summed E-state index contributed by atoms with van der Waals surface area (Å²) in [5.74, 6) is -0.290. The lowest BCUT2D eigenvalue weighted by molar-refractivity contribution is 0.0988. The number of aromatic nitrogens is 1. The molecular weight excluding hydrogens is 242 g/mol. The maximum Gasteiger partial charge on any atom is 0.294 e. The van der Waals surface area contributed by atoms with Crippen LogP contribution in [0.1, 0.15) is 16.2 Å². The van der Waals surface area contributed by atoms with E-state index < -0.39 is 5.91 Å². The minimum absolute atomic E-state index is 0.127. The third-order valence-corrected chi connectivity index (χ3v) is 2.35. The van der Waals surface area contributed by atoms with Crippen molar-refractivity contribution in [3.05, 3.63) is 40.7 Å². The zero-order chi connectivity index (χ0) is 12.4. The second kappa shape index (κ2) is 4.47. The number of nitrogens with one attached hydrogen (secondary N) is 1. The first kappa shape index (κ1) is 11.5. The summed E-state index contributed by atoms with van der Waals surface area (Å²) in [6.45, 7) is 1.73. The molecule has 0 aliphatic carbocycles. The van der Waals surface area contributed by atoms with E-state index in [4.69, 9.17) is 21.9 Å². The number of halogens is 1. The maximum absolute atomic E-state index is 11.7. The van der Waals surface area contributed by atoms with Crippen LogP contribution in [0, 0.1) is 6.92 Å². The molecule has 0 aliphatic rings. The first-order valence-corrected chi connectivity index (χ1v) is 5.24. The van der Waals surface area contributed by atoms with E-state index >= 15 is 0 Å². The highest BCUT2D eigenvalue weighted by atomic mass is 35.5. The molecule has 0 spiro atoms. The lowest BCUT2D eigenvalue weighted by atomic mass is 10.2. The Hall–Kier alpha value is -2.01. The predicted molar refractivity (Wildman–Crippen MR) is 65.1 cm³/mol. The van der Waals surface area contributed by atoms with Gasteiger partial charge >= 0.3 is 0 Å². The Labute approximate surface area is 103 Å². The predicted octanol–water partition coefficient (Wildman–Crippen LogP) is 2.47. The summed E-state index contributed by atoms with van der Waals surface area (Å²) in [5.41, 5.74) is 7.21. The summed E-state index contributed by atoms with van der Waals surface area (Å²) < 4.78 is 4.83. The van der Waals surface area contributed by atoms with Gasteiger partial charge in [0.05, 0.1) is 17.1 Å². The summed E-state index contributed by atoms with van der Waals surface area (Å²) in [7, 11) is 0. The van der Waals surface area contributed by atoms with Gasteiger partial charge in [-0.1, -0.05) is 16.8 Å². The molecule has 2 aromatic rings. The Morgan fingerprint density at radius 3 is 2.88 bits per heavy atom. The molecule has 0 saturated heterocycles. The summed E-state index contributed by atoms with van der Waals surface area (Å²) in [6, 6.07) is 6.36. The Balaban J connectivity index is 2.21. The van der Waals surface area contributed by atoms with Crippen molar-refractivity contribution in [2.45, 2.75) is 6.92 Å². The second-order valence-electron chi connectivity index (χ2n) is 3.52. The Kier molecular flexibility index (Phi) is 3.01. The molecule has 1 amide bonds. The van der Waals surface area contributed by atoms with Crippen molar-refractivity contribution in [2.75, 3.05) is 11.1 Å². The number of aryl methyl sites for hydroxylation is 1. The number of amides is 1. The standard InChI is InChI=1S/C11H10ClN3O2/c1-6-4-10(17-15-6)11(16)14-9-5-7(12)2-3-8(9)13/h2-5H,13H2,1H3,(H,14,16). The fourth-order valence-electron chi connectivity index (χ4n) is 1.29. The number of rotatable bonds is 2. The van der Waals surface area contributed by atoms with Crippen molar-refractivity contribution in [3.63, 3.8) is 0 Å². The van der Waals surface area contributed by atoms with Gasteiger partial charge in [-0.25, -0.2) is 0 Å². The van der Waals surface area contributed by atoms with Gasteiger partial charge < -0.3 is 15.6 Å². The molecule has 0 saturated carbocycles. The molecule has 0 bridgehead atoms. The maximum atomic E-state index is 11.7. The molecule has 1 aromatic heterocycles. The van der Waals surface area contributed by atoms with Gasteiger partial charge in [-0.05, 0) is 25.1 Å². The summed E-state index contributed by atoms with van der Waals surface area (Å²) in [4.78, 5) is 11.7. The SMILES string of the molecule is Cc1cc(C(=O)Nc2cc(Cl)ccc2N)on1. The third kappa shape index (κ3) is 2.57. The molecule has 5 nitrogen and oxygen atoms in total. The summed E-state index contributed by atoms with van der Waals surface area (Å²) in [5, 5.41) is 6.71. The smallest absolute Gasteiger partial charge is 0.294 e. The van der Waals surface area contributed by atoms with Gasteiger partial charge in [0.15, 0.2) is 0 Å². The first-order valence-electron chi connectivity index (χ1n) is 4.86. The lowest BCUT2D eigenvalue weighted by Crippen LogP contribution is -2.12. The normalized spacial score (nSPS) is 10.2. The number of nitrogens with two attached hydrogens (primary N) is 1. The van der Waals surface area contributed by atoms with Crippen LogP contribution in [0.15, 0.2) is 28.8 Å². The lowest BCUT2D eigenvalue weighted by Gasteiger charge is -2.06. The summed E-state index contributed by atoms with van der Waals surface area (Å²) in [6.07, 6.45) is 0.